The Balaban J connectivity index is 1.36. The summed E-state index contributed by atoms with van der Waals surface area (Å²) in [6, 6.07) is 2.76. The van der Waals surface area contributed by atoms with Crippen molar-refractivity contribution < 1.29 is 18.7 Å². The Bertz CT molecular complexity index is 672. The third-order valence-electron chi connectivity index (χ3n) is 5.40. The van der Waals surface area contributed by atoms with Crippen molar-refractivity contribution in [1.82, 2.24) is 20.7 Å². The molecule has 0 saturated carbocycles. The summed E-state index contributed by atoms with van der Waals surface area (Å²) in [5.74, 6) is 0.187. The number of ether oxygens (including phenoxy) is 2. The Morgan fingerprint density at radius 1 is 1.52 bits per heavy atom. The number of carbonyl (C=O) groups is 1. The molecule has 148 valence electrons. The first kappa shape index (κ1) is 18.5. The quantitative estimate of drug-likeness (QED) is 0.686. The first-order valence-corrected chi connectivity index (χ1v) is 9.48. The zero-order valence-corrected chi connectivity index (χ0v) is 15.2. The fourth-order valence-corrected chi connectivity index (χ4v) is 4.02. The van der Waals surface area contributed by atoms with E-state index in [9.17, 15) is 9.18 Å². The van der Waals surface area contributed by atoms with Crippen molar-refractivity contribution >= 4 is 11.7 Å². The van der Waals surface area contributed by atoms with Gasteiger partial charge < -0.3 is 19.7 Å². The van der Waals surface area contributed by atoms with E-state index in [1.165, 1.54) is 6.07 Å². The van der Waals surface area contributed by atoms with E-state index in [1.54, 1.807) is 12.3 Å². The first-order chi connectivity index (χ1) is 13.2. The van der Waals surface area contributed by atoms with Crippen LogP contribution in [0.1, 0.15) is 12.8 Å². The summed E-state index contributed by atoms with van der Waals surface area (Å²) in [6.07, 6.45) is 3.10. The highest BCUT2D eigenvalue weighted by Gasteiger charge is 2.45. The fourth-order valence-electron chi connectivity index (χ4n) is 4.02. The standard InChI is InChI=1S/C18H26FN5O3/c19-14-2-1-4-20-16(14)21-9-13-8-18(27-10-13)11-24(6-7-26-12-18)17(25)15-3-5-22-23-15/h1-2,4,13,15,22-23H,3,5-12H2,(H,20,21). The number of pyridine rings is 1. The zero-order chi connectivity index (χ0) is 18.7. The van der Waals surface area contributed by atoms with Crippen LogP contribution in [-0.2, 0) is 14.3 Å². The molecule has 8 nitrogen and oxygen atoms in total. The van der Waals surface area contributed by atoms with Gasteiger partial charge in [-0.15, -0.1) is 0 Å². The van der Waals surface area contributed by atoms with Crippen LogP contribution in [0.2, 0.25) is 0 Å². The fraction of sp³-hybridized carbons (Fsp3) is 0.667. The Morgan fingerprint density at radius 2 is 2.44 bits per heavy atom. The number of nitrogens with one attached hydrogen (secondary N) is 3. The molecule has 1 spiro atoms. The summed E-state index contributed by atoms with van der Waals surface area (Å²) in [5, 5.41) is 3.07. The first-order valence-electron chi connectivity index (χ1n) is 9.48. The molecule has 1 amide bonds. The number of amides is 1. The molecule has 27 heavy (non-hydrogen) atoms. The Morgan fingerprint density at radius 3 is 3.26 bits per heavy atom. The van der Waals surface area contributed by atoms with Gasteiger partial charge in [0.1, 0.15) is 11.6 Å². The van der Waals surface area contributed by atoms with Gasteiger partial charge in [0.05, 0.1) is 26.4 Å². The van der Waals surface area contributed by atoms with E-state index in [1.807, 2.05) is 4.90 Å². The summed E-state index contributed by atoms with van der Waals surface area (Å²) in [4.78, 5) is 18.6. The van der Waals surface area contributed by atoms with Gasteiger partial charge in [0.2, 0.25) is 5.91 Å². The van der Waals surface area contributed by atoms with E-state index in [2.05, 4.69) is 21.2 Å². The maximum Gasteiger partial charge on any atom is 0.241 e. The van der Waals surface area contributed by atoms with Crippen LogP contribution in [0.3, 0.4) is 0 Å². The highest BCUT2D eigenvalue weighted by atomic mass is 19.1. The summed E-state index contributed by atoms with van der Waals surface area (Å²) >= 11 is 0. The van der Waals surface area contributed by atoms with Crippen molar-refractivity contribution in [2.45, 2.75) is 24.5 Å². The number of hydrazine groups is 1. The summed E-state index contributed by atoms with van der Waals surface area (Å²) in [6.45, 7) is 4.00. The smallest absolute Gasteiger partial charge is 0.241 e. The molecule has 3 saturated heterocycles. The summed E-state index contributed by atoms with van der Waals surface area (Å²) in [5.41, 5.74) is 5.55. The van der Waals surface area contributed by atoms with Gasteiger partial charge in [-0.1, -0.05) is 0 Å². The average Bonchev–Trinajstić information content (AvgIpc) is 3.29. The number of anilines is 1. The number of aromatic nitrogens is 1. The van der Waals surface area contributed by atoms with Gasteiger partial charge in [-0.25, -0.2) is 14.8 Å². The van der Waals surface area contributed by atoms with Gasteiger partial charge in [-0.3, -0.25) is 10.2 Å². The van der Waals surface area contributed by atoms with Gasteiger partial charge in [0, 0.05) is 31.7 Å². The molecule has 0 bridgehead atoms. The molecular formula is C18H26FN5O3. The van der Waals surface area contributed by atoms with Gasteiger partial charge in [0.25, 0.3) is 0 Å². The normalized spacial score (nSPS) is 31.2. The van der Waals surface area contributed by atoms with Crippen LogP contribution in [0.4, 0.5) is 10.2 Å². The largest absolute Gasteiger partial charge is 0.377 e. The minimum Gasteiger partial charge on any atom is -0.377 e. The predicted molar refractivity (Wildman–Crippen MR) is 96.4 cm³/mol. The van der Waals surface area contributed by atoms with Crippen LogP contribution in [0.5, 0.6) is 0 Å². The molecule has 0 radical (unpaired) electrons. The second kappa shape index (κ2) is 8.05. The van der Waals surface area contributed by atoms with E-state index in [4.69, 9.17) is 9.47 Å². The molecule has 1 aromatic heterocycles. The maximum absolute atomic E-state index is 13.7. The third kappa shape index (κ3) is 4.21. The van der Waals surface area contributed by atoms with Gasteiger partial charge in [-0.05, 0) is 25.0 Å². The highest BCUT2D eigenvalue weighted by Crippen LogP contribution is 2.33. The lowest BCUT2D eigenvalue weighted by molar-refractivity contribution is -0.136. The van der Waals surface area contributed by atoms with Crippen LogP contribution < -0.4 is 16.2 Å². The number of rotatable bonds is 4. The molecule has 0 aromatic carbocycles. The van der Waals surface area contributed by atoms with Crippen LogP contribution in [0.15, 0.2) is 18.3 Å². The maximum atomic E-state index is 13.7. The Hall–Kier alpha value is -1.81. The molecule has 1 aromatic rings. The van der Waals surface area contributed by atoms with Crippen molar-refractivity contribution in [1.29, 1.82) is 0 Å². The predicted octanol–water partition coefficient (Wildman–Crippen LogP) is 0.133. The van der Waals surface area contributed by atoms with Crippen LogP contribution >= 0.6 is 0 Å². The van der Waals surface area contributed by atoms with Crippen molar-refractivity contribution in [2.24, 2.45) is 5.92 Å². The SMILES string of the molecule is O=C(C1CCNN1)N1CCOCC2(CC(CNc3ncccc3F)CO2)C1. The molecule has 3 aliphatic heterocycles. The zero-order valence-electron chi connectivity index (χ0n) is 15.2. The number of hydrogen-bond donors (Lipinski definition) is 3. The van der Waals surface area contributed by atoms with Gasteiger partial charge in [0.15, 0.2) is 11.6 Å². The second-order valence-electron chi connectivity index (χ2n) is 7.50. The van der Waals surface area contributed by atoms with E-state index in [-0.39, 0.29) is 29.5 Å². The van der Waals surface area contributed by atoms with E-state index in [0.717, 1.165) is 19.4 Å². The highest BCUT2D eigenvalue weighted by molar-refractivity contribution is 5.82. The van der Waals surface area contributed by atoms with E-state index >= 15 is 0 Å². The number of carbonyl (C=O) groups excluding carboxylic acids is 1. The second-order valence-corrected chi connectivity index (χ2v) is 7.50. The summed E-state index contributed by atoms with van der Waals surface area (Å²) in [7, 11) is 0. The molecule has 4 heterocycles. The molecule has 3 N–H and O–H groups in total. The van der Waals surface area contributed by atoms with Crippen molar-refractivity contribution in [3.05, 3.63) is 24.1 Å². The minimum atomic E-state index is -0.493. The van der Waals surface area contributed by atoms with Crippen molar-refractivity contribution in [3.8, 4) is 0 Å². The van der Waals surface area contributed by atoms with Crippen molar-refractivity contribution in [2.75, 3.05) is 51.3 Å². The molecule has 9 heteroatoms. The molecule has 3 fully saturated rings. The van der Waals surface area contributed by atoms with E-state index in [0.29, 0.717) is 39.5 Å². The number of hydrogen-bond acceptors (Lipinski definition) is 7. The molecule has 0 aliphatic carbocycles. The Labute approximate surface area is 157 Å². The molecular weight excluding hydrogens is 353 g/mol. The van der Waals surface area contributed by atoms with E-state index < -0.39 is 5.60 Å². The topological polar surface area (TPSA) is 87.8 Å². The molecule has 3 unspecified atom stereocenters. The number of nitrogens with zero attached hydrogens (tertiary/aromatic N) is 2. The Kier molecular flexibility index (Phi) is 5.53. The number of halogens is 1. The average molecular weight is 379 g/mol. The molecule has 3 atom stereocenters. The van der Waals surface area contributed by atoms with Crippen LogP contribution in [0, 0.1) is 11.7 Å². The van der Waals surface area contributed by atoms with Gasteiger partial charge >= 0.3 is 0 Å². The lowest BCUT2D eigenvalue weighted by Crippen LogP contribution is -2.51. The van der Waals surface area contributed by atoms with Crippen LogP contribution in [0.25, 0.3) is 0 Å². The van der Waals surface area contributed by atoms with Gasteiger partial charge in [-0.2, -0.15) is 0 Å². The lowest BCUT2D eigenvalue weighted by atomic mass is 9.94. The minimum absolute atomic E-state index is 0.0885. The third-order valence-corrected chi connectivity index (χ3v) is 5.40. The van der Waals surface area contributed by atoms with Crippen molar-refractivity contribution in [3.63, 3.8) is 0 Å². The monoisotopic (exact) mass is 379 g/mol. The molecule has 4 rings (SSSR count). The summed E-state index contributed by atoms with van der Waals surface area (Å²) < 4.78 is 25.6. The molecule has 3 aliphatic rings. The lowest BCUT2D eigenvalue weighted by Gasteiger charge is -2.32. The van der Waals surface area contributed by atoms with Crippen LogP contribution in [-0.4, -0.2) is 73.4 Å².